The summed E-state index contributed by atoms with van der Waals surface area (Å²) < 4.78 is 14.1. The highest BCUT2D eigenvalue weighted by atomic mass is 32.1. The van der Waals surface area contributed by atoms with E-state index >= 15 is 0 Å². The molecule has 0 fully saturated rings. The van der Waals surface area contributed by atoms with Gasteiger partial charge in [0.2, 0.25) is 0 Å². The summed E-state index contributed by atoms with van der Waals surface area (Å²) in [4.78, 5) is 19.2. The van der Waals surface area contributed by atoms with Gasteiger partial charge in [-0.3, -0.25) is 9.36 Å². The summed E-state index contributed by atoms with van der Waals surface area (Å²) in [7, 11) is 0. The fourth-order valence-corrected chi connectivity index (χ4v) is 3.97. The second kappa shape index (κ2) is 4.46. The van der Waals surface area contributed by atoms with Crippen molar-refractivity contribution in [3.8, 4) is 0 Å². The molecule has 3 rings (SSSR count). The van der Waals surface area contributed by atoms with Gasteiger partial charge in [0, 0.05) is 11.3 Å². The van der Waals surface area contributed by atoms with Gasteiger partial charge in [0.1, 0.15) is 17.3 Å². The number of hydrogen-bond acceptors (Lipinski definition) is 3. The van der Waals surface area contributed by atoms with E-state index in [1.807, 2.05) is 6.92 Å². The lowest BCUT2D eigenvalue weighted by Gasteiger charge is -2.09. The van der Waals surface area contributed by atoms with E-state index in [0.29, 0.717) is 12.2 Å². The van der Waals surface area contributed by atoms with Crippen molar-refractivity contribution in [2.45, 2.75) is 39.2 Å². The Labute approximate surface area is 108 Å². The van der Waals surface area contributed by atoms with Crippen LogP contribution in [0.25, 0.3) is 10.2 Å². The van der Waals surface area contributed by atoms with Crippen LogP contribution in [0.1, 0.15) is 29.6 Å². The average molecular weight is 266 g/mol. The summed E-state index contributed by atoms with van der Waals surface area (Å²) in [5.41, 5.74) is 1.12. The number of fused-ring (bicyclic) bond motifs is 3. The van der Waals surface area contributed by atoms with Gasteiger partial charge in [-0.1, -0.05) is 6.92 Å². The highest BCUT2D eigenvalue weighted by molar-refractivity contribution is 7.18. The number of nitrogens with zero attached hydrogens (tertiary/aromatic N) is 2. The molecular weight excluding hydrogens is 251 g/mol. The molecule has 0 bridgehead atoms. The molecular formula is C13H15FN2OS. The van der Waals surface area contributed by atoms with Gasteiger partial charge in [0.05, 0.1) is 11.9 Å². The molecule has 0 unspecified atom stereocenters. The Kier molecular flexibility index (Phi) is 2.93. The van der Waals surface area contributed by atoms with Crippen molar-refractivity contribution in [2.24, 2.45) is 0 Å². The maximum atomic E-state index is 12.6. The van der Waals surface area contributed by atoms with Crippen LogP contribution < -0.4 is 5.56 Å². The summed E-state index contributed by atoms with van der Waals surface area (Å²) in [6.07, 6.45) is 3.80. The first kappa shape index (κ1) is 11.8. The number of aromatic nitrogens is 2. The fourth-order valence-electron chi connectivity index (χ4n) is 2.70. The number of halogens is 1. The molecule has 18 heavy (non-hydrogen) atoms. The number of alkyl halides is 1. The molecule has 2 heterocycles. The summed E-state index contributed by atoms with van der Waals surface area (Å²) in [5.74, 6) is 0.699. The molecule has 5 heteroatoms. The summed E-state index contributed by atoms with van der Waals surface area (Å²) in [6, 6.07) is 0. The molecule has 0 N–H and O–H groups in total. The number of thiophene rings is 1. The molecule has 0 radical (unpaired) electrons. The molecule has 0 saturated heterocycles. The predicted molar refractivity (Wildman–Crippen MR) is 71.3 cm³/mol. The third-order valence-corrected chi connectivity index (χ3v) is 4.71. The zero-order chi connectivity index (χ0) is 12.7. The lowest BCUT2D eigenvalue weighted by atomic mass is 10.2. The van der Waals surface area contributed by atoms with Crippen molar-refractivity contribution in [3.63, 3.8) is 0 Å². The normalized spacial score (nSPS) is 14.3. The Bertz CT molecular complexity index is 659. The van der Waals surface area contributed by atoms with Gasteiger partial charge in [0.25, 0.3) is 5.56 Å². The van der Waals surface area contributed by atoms with Gasteiger partial charge < -0.3 is 0 Å². The monoisotopic (exact) mass is 266 g/mol. The van der Waals surface area contributed by atoms with E-state index in [0.717, 1.165) is 29.5 Å². The van der Waals surface area contributed by atoms with Crippen molar-refractivity contribution in [1.29, 1.82) is 0 Å². The van der Waals surface area contributed by atoms with Crippen molar-refractivity contribution in [1.82, 2.24) is 9.55 Å². The molecule has 96 valence electrons. The summed E-state index contributed by atoms with van der Waals surface area (Å²) in [6.45, 7) is 1.55. The first-order chi connectivity index (χ1) is 8.76. The van der Waals surface area contributed by atoms with Gasteiger partial charge in [-0.2, -0.15) is 0 Å². The quantitative estimate of drug-likeness (QED) is 0.855. The van der Waals surface area contributed by atoms with Gasteiger partial charge in [-0.05, 0) is 24.8 Å². The molecule has 1 aliphatic rings. The first-order valence-corrected chi connectivity index (χ1v) is 7.17. The van der Waals surface area contributed by atoms with Crippen LogP contribution in [0.2, 0.25) is 0 Å². The van der Waals surface area contributed by atoms with E-state index in [2.05, 4.69) is 4.98 Å². The van der Waals surface area contributed by atoms with Crippen molar-refractivity contribution >= 4 is 21.6 Å². The lowest BCUT2D eigenvalue weighted by molar-refractivity contribution is 0.432. The minimum Gasteiger partial charge on any atom is -0.293 e. The standard InChI is InChI=1S/C13H15FN2OS/c1-2-10-15-12-11(13(17)16(10)7-6-14)8-4-3-5-9(8)18-12/h2-7H2,1H3. The predicted octanol–water partition coefficient (Wildman–Crippen LogP) is 2.48. The highest BCUT2D eigenvalue weighted by Gasteiger charge is 2.22. The minimum atomic E-state index is -0.521. The molecule has 0 aliphatic heterocycles. The van der Waals surface area contributed by atoms with E-state index in [9.17, 15) is 9.18 Å². The fraction of sp³-hybridized carbons (Fsp3) is 0.538. The molecule has 0 amide bonds. The summed E-state index contributed by atoms with van der Waals surface area (Å²) in [5, 5.41) is 0.748. The van der Waals surface area contributed by atoms with Crippen LogP contribution in [0, 0.1) is 0 Å². The molecule has 3 nitrogen and oxygen atoms in total. The van der Waals surface area contributed by atoms with Crippen LogP contribution >= 0.6 is 11.3 Å². The minimum absolute atomic E-state index is 0.0473. The Morgan fingerprint density at radius 1 is 1.44 bits per heavy atom. The molecule has 1 aliphatic carbocycles. The van der Waals surface area contributed by atoms with Crippen LogP contribution in [-0.2, 0) is 25.8 Å². The number of aryl methyl sites for hydroxylation is 3. The second-order valence-electron chi connectivity index (χ2n) is 4.56. The van der Waals surface area contributed by atoms with Crippen LogP contribution in [0.4, 0.5) is 4.39 Å². The molecule has 2 aromatic rings. The number of hydrogen-bond donors (Lipinski definition) is 0. The molecule has 2 aromatic heterocycles. The average Bonchev–Trinajstić information content (AvgIpc) is 2.92. The maximum Gasteiger partial charge on any atom is 0.262 e. The SMILES string of the molecule is CCc1nc2sc3c(c2c(=O)n1CCF)CCC3. The molecule has 0 atom stereocenters. The van der Waals surface area contributed by atoms with Crippen LogP contribution in [0.5, 0.6) is 0 Å². The van der Waals surface area contributed by atoms with Gasteiger partial charge in [-0.25, -0.2) is 9.37 Å². The van der Waals surface area contributed by atoms with Gasteiger partial charge in [-0.15, -0.1) is 11.3 Å². The molecule has 0 spiro atoms. The molecule has 0 saturated carbocycles. The Morgan fingerprint density at radius 2 is 2.28 bits per heavy atom. The Hall–Kier alpha value is -1.23. The third-order valence-electron chi connectivity index (χ3n) is 3.53. The van der Waals surface area contributed by atoms with Gasteiger partial charge >= 0.3 is 0 Å². The summed E-state index contributed by atoms with van der Waals surface area (Å²) >= 11 is 1.64. The van der Waals surface area contributed by atoms with E-state index in [1.165, 1.54) is 15.0 Å². The zero-order valence-electron chi connectivity index (χ0n) is 10.3. The largest absolute Gasteiger partial charge is 0.293 e. The smallest absolute Gasteiger partial charge is 0.262 e. The van der Waals surface area contributed by atoms with Crippen LogP contribution in [0.15, 0.2) is 4.79 Å². The topological polar surface area (TPSA) is 34.9 Å². The van der Waals surface area contributed by atoms with Gasteiger partial charge in [0.15, 0.2) is 0 Å². The number of rotatable bonds is 3. The highest BCUT2D eigenvalue weighted by Crippen LogP contribution is 2.34. The second-order valence-corrected chi connectivity index (χ2v) is 5.65. The van der Waals surface area contributed by atoms with Crippen LogP contribution in [-0.4, -0.2) is 16.2 Å². The molecule has 0 aromatic carbocycles. The maximum absolute atomic E-state index is 12.6. The zero-order valence-corrected chi connectivity index (χ0v) is 11.1. The van der Waals surface area contributed by atoms with Crippen molar-refractivity contribution in [3.05, 3.63) is 26.6 Å². The van der Waals surface area contributed by atoms with Crippen molar-refractivity contribution in [2.75, 3.05) is 6.67 Å². The first-order valence-electron chi connectivity index (χ1n) is 6.36. The third kappa shape index (κ3) is 1.61. The van der Waals surface area contributed by atoms with E-state index in [4.69, 9.17) is 0 Å². The van der Waals surface area contributed by atoms with Crippen molar-refractivity contribution < 1.29 is 4.39 Å². The van der Waals surface area contributed by atoms with E-state index in [-0.39, 0.29) is 12.1 Å². The van der Waals surface area contributed by atoms with Crippen LogP contribution in [0.3, 0.4) is 0 Å². The Morgan fingerprint density at radius 3 is 3.00 bits per heavy atom. The lowest BCUT2D eigenvalue weighted by Crippen LogP contribution is -2.26. The van der Waals surface area contributed by atoms with E-state index in [1.54, 1.807) is 11.3 Å². The van der Waals surface area contributed by atoms with E-state index < -0.39 is 6.67 Å². The Balaban J connectivity index is 2.33.